The molecule has 1 saturated heterocycles. The highest BCUT2D eigenvalue weighted by atomic mass is 32.1. The van der Waals surface area contributed by atoms with Gasteiger partial charge in [0.05, 0.1) is 34.5 Å². The quantitative estimate of drug-likeness (QED) is 0.658. The molecular weight excluding hydrogens is 400 g/mol. The molecule has 2 aromatic rings. The number of carbonyl (C=O) groups excluding carboxylic acids is 1. The number of piperazine rings is 1. The van der Waals surface area contributed by atoms with Crippen molar-refractivity contribution < 1.29 is 15.0 Å². The molecule has 2 N–H and O–H groups in total. The van der Waals surface area contributed by atoms with Gasteiger partial charge in [-0.15, -0.1) is 11.3 Å². The molecule has 8 heteroatoms. The van der Waals surface area contributed by atoms with Crippen molar-refractivity contribution >= 4 is 33.6 Å². The molecule has 1 aromatic carbocycles. The smallest absolute Gasteiger partial charge is 0.168 e. The molecule has 2 aliphatic rings. The number of aromatic nitrogens is 1. The van der Waals surface area contributed by atoms with Crippen molar-refractivity contribution in [2.24, 2.45) is 4.99 Å². The van der Waals surface area contributed by atoms with E-state index in [2.05, 4.69) is 19.8 Å². The molecule has 30 heavy (non-hydrogen) atoms. The molecule has 0 bridgehead atoms. The summed E-state index contributed by atoms with van der Waals surface area (Å²) in [5.41, 5.74) is 4.14. The number of para-hydroxylation sites is 1. The van der Waals surface area contributed by atoms with Crippen LogP contribution in [0.1, 0.15) is 24.3 Å². The van der Waals surface area contributed by atoms with Gasteiger partial charge in [0.2, 0.25) is 0 Å². The van der Waals surface area contributed by atoms with Gasteiger partial charge in [-0.05, 0) is 11.6 Å². The molecule has 160 valence electrons. The average molecular weight is 429 g/mol. The molecular formula is C22H28N4O3S. The highest BCUT2D eigenvalue weighted by Gasteiger charge is 2.29. The molecule has 1 unspecified atom stereocenters. The van der Waals surface area contributed by atoms with Crippen LogP contribution in [-0.4, -0.2) is 89.4 Å². The molecule has 0 radical (unpaired) electrons. The first-order valence-electron chi connectivity index (χ1n) is 10.5. The van der Waals surface area contributed by atoms with E-state index >= 15 is 0 Å². The molecule has 4 rings (SSSR count). The van der Waals surface area contributed by atoms with Crippen molar-refractivity contribution in [1.82, 2.24) is 14.8 Å². The normalized spacial score (nSPS) is 21.9. The minimum atomic E-state index is -0.0580. The maximum Gasteiger partial charge on any atom is 0.168 e. The monoisotopic (exact) mass is 428 g/mol. The number of hydrogen-bond donors (Lipinski definition) is 2. The number of aliphatic imine (C=N–C) groups is 1. The van der Waals surface area contributed by atoms with Crippen LogP contribution in [0.3, 0.4) is 0 Å². The lowest BCUT2D eigenvalue weighted by molar-refractivity contribution is -0.116. The Morgan fingerprint density at radius 1 is 1.17 bits per heavy atom. The van der Waals surface area contributed by atoms with E-state index in [1.807, 2.05) is 23.7 Å². The molecule has 1 atom stereocenters. The maximum atomic E-state index is 12.7. The average Bonchev–Trinajstić information content (AvgIpc) is 3.23. The van der Waals surface area contributed by atoms with Gasteiger partial charge in [-0.1, -0.05) is 12.1 Å². The number of β-amino-alcohol motifs (C(OH)–C–C–N with tert-alkyl or cyclic N) is 1. The second-order valence-corrected chi connectivity index (χ2v) is 8.76. The standard InChI is InChI=1S/C22H28N4O3S/c27-11-10-26-8-6-25(7-9-26)5-4-23-14-18-19(28)12-16(13-20(18)29)17-2-1-3-21-22(17)24-15-30-21/h1-3,14-16,27-28H,4-13H2. The summed E-state index contributed by atoms with van der Waals surface area (Å²) in [5, 5.41) is 19.5. The predicted molar refractivity (Wildman–Crippen MR) is 120 cm³/mol. The Bertz CT molecular complexity index is 947. The number of rotatable bonds is 7. The number of fused-ring (bicyclic) bond motifs is 1. The van der Waals surface area contributed by atoms with Crippen LogP contribution in [0.2, 0.25) is 0 Å². The van der Waals surface area contributed by atoms with Crippen molar-refractivity contribution in [2.45, 2.75) is 18.8 Å². The van der Waals surface area contributed by atoms with Crippen LogP contribution in [-0.2, 0) is 4.79 Å². The van der Waals surface area contributed by atoms with Gasteiger partial charge >= 0.3 is 0 Å². The van der Waals surface area contributed by atoms with Crippen LogP contribution in [0.4, 0.5) is 0 Å². The van der Waals surface area contributed by atoms with Crippen LogP contribution in [0.15, 0.2) is 40.0 Å². The topological polar surface area (TPSA) is 89.3 Å². The summed E-state index contributed by atoms with van der Waals surface area (Å²) >= 11 is 1.59. The van der Waals surface area contributed by atoms with Crippen LogP contribution in [0.25, 0.3) is 10.2 Å². The third-order valence-corrected chi connectivity index (χ3v) is 6.76. The van der Waals surface area contributed by atoms with E-state index in [-0.39, 0.29) is 24.1 Å². The highest BCUT2D eigenvalue weighted by Crippen LogP contribution is 2.36. The van der Waals surface area contributed by atoms with Crippen molar-refractivity contribution in [2.75, 3.05) is 52.4 Å². The number of carbonyl (C=O) groups is 1. The van der Waals surface area contributed by atoms with Crippen LogP contribution >= 0.6 is 11.3 Å². The van der Waals surface area contributed by atoms with E-state index in [9.17, 15) is 9.90 Å². The van der Waals surface area contributed by atoms with E-state index in [0.717, 1.165) is 55.0 Å². The summed E-state index contributed by atoms with van der Waals surface area (Å²) in [7, 11) is 0. The first-order chi connectivity index (χ1) is 14.7. The van der Waals surface area contributed by atoms with Crippen LogP contribution < -0.4 is 0 Å². The van der Waals surface area contributed by atoms with Gasteiger partial charge in [-0.25, -0.2) is 4.98 Å². The zero-order chi connectivity index (χ0) is 20.9. The van der Waals surface area contributed by atoms with Gasteiger partial charge < -0.3 is 10.2 Å². The first kappa shape index (κ1) is 21.1. The SMILES string of the molecule is O=C1CC(c2cccc3scnc23)CC(O)=C1C=NCCN1CCN(CCO)CC1. The van der Waals surface area contributed by atoms with Crippen LogP contribution in [0.5, 0.6) is 0 Å². The highest BCUT2D eigenvalue weighted by molar-refractivity contribution is 7.16. The molecule has 1 aromatic heterocycles. The third kappa shape index (κ3) is 4.78. The van der Waals surface area contributed by atoms with Gasteiger partial charge in [-0.3, -0.25) is 19.6 Å². The summed E-state index contributed by atoms with van der Waals surface area (Å²) in [6.07, 6.45) is 2.37. The Labute approximate surface area is 180 Å². The Morgan fingerprint density at radius 2 is 1.93 bits per heavy atom. The molecule has 0 amide bonds. The van der Waals surface area contributed by atoms with Gasteiger partial charge in [-0.2, -0.15) is 0 Å². The van der Waals surface area contributed by atoms with Crippen molar-refractivity contribution in [3.05, 3.63) is 40.6 Å². The van der Waals surface area contributed by atoms with E-state index in [0.29, 0.717) is 25.0 Å². The summed E-state index contributed by atoms with van der Waals surface area (Å²) in [5.74, 6) is 0.0258. The Balaban J connectivity index is 1.33. The minimum Gasteiger partial charge on any atom is -0.511 e. The number of thiazole rings is 1. The number of ketones is 1. The molecule has 0 saturated carbocycles. The zero-order valence-corrected chi connectivity index (χ0v) is 17.9. The fourth-order valence-electron chi connectivity index (χ4n) is 4.25. The number of nitrogens with zero attached hydrogens (tertiary/aromatic N) is 4. The summed E-state index contributed by atoms with van der Waals surface area (Å²) in [6, 6.07) is 6.02. The second kappa shape index (κ2) is 9.78. The molecule has 1 aliphatic carbocycles. The molecule has 2 heterocycles. The minimum absolute atomic E-state index is 0.0457. The number of benzene rings is 1. The number of Topliss-reactive ketones (excluding diaryl/α,β-unsaturated/α-hetero) is 1. The molecule has 7 nitrogen and oxygen atoms in total. The Kier molecular flexibility index (Phi) is 6.89. The number of hydrogen-bond acceptors (Lipinski definition) is 8. The zero-order valence-electron chi connectivity index (χ0n) is 17.0. The van der Waals surface area contributed by atoms with E-state index in [1.54, 1.807) is 17.6 Å². The maximum absolute atomic E-state index is 12.7. The first-order valence-corrected chi connectivity index (χ1v) is 11.4. The fourth-order valence-corrected chi connectivity index (χ4v) is 4.96. The van der Waals surface area contributed by atoms with Gasteiger partial charge in [0.15, 0.2) is 5.78 Å². The van der Waals surface area contributed by atoms with Crippen molar-refractivity contribution in [3.8, 4) is 0 Å². The number of aliphatic hydroxyl groups is 2. The van der Waals surface area contributed by atoms with Gasteiger partial charge in [0, 0.05) is 64.2 Å². The van der Waals surface area contributed by atoms with Crippen molar-refractivity contribution in [1.29, 1.82) is 0 Å². The largest absolute Gasteiger partial charge is 0.511 e. The van der Waals surface area contributed by atoms with Crippen molar-refractivity contribution in [3.63, 3.8) is 0 Å². The summed E-state index contributed by atoms with van der Waals surface area (Å²) < 4.78 is 1.10. The lowest BCUT2D eigenvalue weighted by atomic mass is 9.82. The predicted octanol–water partition coefficient (Wildman–Crippen LogP) is 2.24. The fraction of sp³-hybridized carbons (Fsp3) is 0.500. The molecule has 1 aliphatic heterocycles. The number of allylic oxidation sites excluding steroid dienone is 2. The van der Waals surface area contributed by atoms with Gasteiger partial charge in [0.1, 0.15) is 5.76 Å². The van der Waals surface area contributed by atoms with Gasteiger partial charge in [0.25, 0.3) is 0 Å². The third-order valence-electron chi connectivity index (χ3n) is 5.96. The van der Waals surface area contributed by atoms with Crippen LogP contribution in [0, 0.1) is 0 Å². The lowest BCUT2D eigenvalue weighted by Gasteiger charge is -2.33. The second-order valence-electron chi connectivity index (χ2n) is 7.88. The van der Waals surface area contributed by atoms with E-state index < -0.39 is 0 Å². The van der Waals surface area contributed by atoms with E-state index in [1.165, 1.54) is 0 Å². The lowest BCUT2D eigenvalue weighted by Crippen LogP contribution is -2.47. The molecule has 0 spiro atoms. The summed E-state index contributed by atoms with van der Waals surface area (Å²) in [4.78, 5) is 26.2. The Morgan fingerprint density at radius 3 is 2.67 bits per heavy atom. The molecule has 1 fully saturated rings. The van der Waals surface area contributed by atoms with E-state index in [4.69, 9.17) is 5.11 Å². The Hall–Kier alpha value is -2.13. The number of aliphatic hydroxyl groups excluding tert-OH is 2. The summed E-state index contributed by atoms with van der Waals surface area (Å²) in [6.45, 7) is 6.23.